The Morgan fingerprint density at radius 1 is 0.627 bits per heavy atom. The fourth-order valence-corrected chi connectivity index (χ4v) is 5.67. The molecule has 2 unspecified atom stereocenters. The summed E-state index contributed by atoms with van der Waals surface area (Å²) in [5.74, 6) is -0.379. The SMILES string of the molecule is CC/C=C\C/C=C\C/C=C\C/C=C\CCCCC(=O)OC(COCCCCCCCC/C=C\CCCCCC)COP(=O)([O-])OCC[N+](C)(C)C. The molecule has 0 saturated heterocycles. The van der Waals surface area contributed by atoms with Crippen LogP contribution in [0.5, 0.6) is 0 Å². The molecule has 0 aliphatic carbocycles. The predicted molar refractivity (Wildman–Crippen MR) is 212 cm³/mol. The number of nitrogens with zero attached hydrogens (tertiary/aromatic N) is 1. The van der Waals surface area contributed by atoms with Crippen molar-refractivity contribution in [2.24, 2.45) is 0 Å². The number of ether oxygens (including phenoxy) is 2. The second-order valence-electron chi connectivity index (χ2n) is 14.3. The second-order valence-corrected chi connectivity index (χ2v) is 15.7. The summed E-state index contributed by atoms with van der Waals surface area (Å²) in [5.41, 5.74) is 0. The normalized spacial score (nSPS) is 14.5. The van der Waals surface area contributed by atoms with Gasteiger partial charge in [0, 0.05) is 13.0 Å². The van der Waals surface area contributed by atoms with Crippen LogP contribution in [0.15, 0.2) is 60.8 Å². The molecule has 0 heterocycles. The van der Waals surface area contributed by atoms with Crippen LogP contribution in [0.2, 0.25) is 0 Å². The zero-order valence-electron chi connectivity index (χ0n) is 33.3. The van der Waals surface area contributed by atoms with Gasteiger partial charge in [0.25, 0.3) is 7.82 Å². The van der Waals surface area contributed by atoms with Gasteiger partial charge in [-0.15, -0.1) is 0 Å². The van der Waals surface area contributed by atoms with Crippen LogP contribution in [0.3, 0.4) is 0 Å². The van der Waals surface area contributed by atoms with E-state index in [1.807, 2.05) is 21.1 Å². The lowest BCUT2D eigenvalue weighted by Gasteiger charge is -2.28. The van der Waals surface area contributed by atoms with Gasteiger partial charge in [0.1, 0.15) is 19.3 Å². The average molecular weight is 738 g/mol. The third-order valence-electron chi connectivity index (χ3n) is 8.05. The van der Waals surface area contributed by atoms with E-state index >= 15 is 0 Å². The molecule has 51 heavy (non-hydrogen) atoms. The predicted octanol–water partition coefficient (Wildman–Crippen LogP) is 10.7. The molecule has 0 saturated carbocycles. The molecule has 0 radical (unpaired) electrons. The van der Waals surface area contributed by atoms with Gasteiger partial charge in [-0.2, -0.15) is 0 Å². The first-order chi connectivity index (χ1) is 24.6. The van der Waals surface area contributed by atoms with Gasteiger partial charge in [0.05, 0.1) is 34.4 Å². The number of likely N-dealkylation sites (N-methyl/N-ethyl adjacent to an activating group) is 1. The smallest absolute Gasteiger partial charge is 0.306 e. The Morgan fingerprint density at radius 2 is 1.14 bits per heavy atom. The Labute approximate surface area is 313 Å². The monoisotopic (exact) mass is 738 g/mol. The highest BCUT2D eigenvalue weighted by atomic mass is 31.2. The zero-order chi connectivity index (χ0) is 37.7. The Kier molecular flexibility index (Phi) is 34.0. The van der Waals surface area contributed by atoms with Crippen molar-refractivity contribution in [3.63, 3.8) is 0 Å². The number of unbranched alkanes of at least 4 members (excludes halogenated alkanes) is 12. The van der Waals surface area contributed by atoms with E-state index in [2.05, 4.69) is 74.6 Å². The van der Waals surface area contributed by atoms with Gasteiger partial charge < -0.3 is 27.9 Å². The van der Waals surface area contributed by atoms with Crippen molar-refractivity contribution in [1.29, 1.82) is 0 Å². The molecular weight excluding hydrogens is 661 g/mol. The summed E-state index contributed by atoms with van der Waals surface area (Å²) >= 11 is 0. The highest BCUT2D eigenvalue weighted by Crippen LogP contribution is 2.38. The minimum atomic E-state index is -4.53. The number of hydrogen-bond donors (Lipinski definition) is 0. The Bertz CT molecular complexity index is 1000. The molecule has 0 bridgehead atoms. The number of phosphoric ester groups is 1. The first-order valence-electron chi connectivity index (χ1n) is 20.0. The number of quaternary nitrogens is 1. The molecule has 0 aliphatic rings. The van der Waals surface area contributed by atoms with E-state index in [0.29, 0.717) is 24.1 Å². The van der Waals surface area contributed by atoms with Gasteiger partial charge in [-0.05, 0) is 77.0 Å². The summed E-state index contributed by atoms with van der Waals surface area (Å²) in [6, 6.07) is 0. The maximum atomic E-state index is 12.6. The number of allylic oxidation sites excluding steroid dienone is 10. The van der Waals surface area contributed by atoms with Crippen molar-refractivity contribution in [2.45, 2.75) is 148 Å². The van der Waals surface area contributed by atoms with Crippen LogP contribution in [0.25, 0.3) is 0 Å². The van der Waals surface area contributed by atoms with Gasteiger partial charge in [-0.25, -0.2) is 0 Å². The summed E-state index contributed by atoms with van der Waals surface area (Å²) in [4.78, 5) is 24.9. The molecule has 9 heteroatoms. The summed E-state index contributed by atoms with van der Waals surface area (Å²) in [6.07, 6.45) is 42.3. The van der Waals surface area contributed by atoms with E-state index in [1.54, 1.807) is 0 Å². The quantitative estimate of drug-likeness (QED) is 0.0208. The summed E-state index contributed by atoms with van der Waals surface area (Å²) in [6.45, 7) is 5.19. The average Bonchev–Trinajstić information content (AvgIpc) is 3.08. The molecule has 0 rings (SSSR count). The molecule has 2 atom stereocenters. The molecule has 0 aromatic carbocycles. The van der Waals surface area contributed by atoms with Crippen LogP contribution in [-0.2, 0) is 27.9 Å². The lowest BCUT2D eigenvalue weighted by atomic mass is 10.1. The van der Waals surface area contributed by atoms with Gasteiger partial charge in [-0.3, -0.25) is 9.36 Å². The Hall–Kier alpha value is -1.80. The summed E-state index contributed by atoms with van der Waals surface area (Å²) in [7, 11) is 1.31. The van der Waals surface area contributed by atoms with Crippen molar-refractivity contribution in [3.8, 4) is 0 Å². The zero-order valence-corrected chi connectivity index (χ0v) is 34.2. The van der Waals surface area contributed by atoms with Crippen LogP contribution in [-0.4, -0.2) is 70.7 Å². The number of esters is 1. The molecule has 0 aromatic heterocycles. The van der Waals surface area contributed by atoms with Crippen LogP contribution < -0.4 is 4.89 Å². The first kappa shape index (κ1) is 49.2. The number of phosphoric acid groups is 1. The molecule has 0 amide bonds. The molecular formula is C42H76NO7P. The minimum absolute atomic E-state index is 0.0142. The number of carbonyl (C=O) groups is 1. The minimum Gasteiger partial charge on any atom is -0.756 e. The lowest BCUT2D eigenvalue weighted by Crippen LogP contribution is -2.37. The summed E-state index contributed by atoms with van der Waals surface area (Å²) < 4.78 is 34.4. The lowest BCUT2D eigenvalue weighted by molar-refractivity contribution is -0.870. The fraction of sp³-hybridized carbons (Fsp3) is 0.738. The maximum Gasteiger partial charge on any atom is 0.306 e. The van der Waals surface area contributed by atoms with Crippen molar-refractivity contribution < 1.29 is 37.3 Å². The van der Waals surface area contributed by atoms with E-state index in [0.717, 1.165) is 57.8 Å². The van der Waals surface area contributed by atoms with E-state index in [4.69, 9.17) is 18.5 Å². The topological polar surface area (TPSA) is 94.1 Å². The van der Waals surface area contributed by atoms with E-state index in [-0.39, 0.29) is 32.2 Å². The third kappa shape index (κ3) is 39.2. The summed E-state index contributed by atoms with van der Waals surface area (Å²) in [5, 5.41) is 0. The maximum absolute atomic E-state index is 12.6. The largest absolute Gasteiger partial charge is 0.756 e. The highest BCUT2D eigenvalue weighted by Gasteiger charge is 2.20. The molecule has 0 spiro atoms. The Balaban J connectivity index is 4.39. The molecule has 0 aromatic rings. The van der Waals surface area contributed by atoms with Crippen molar-refractivity contribution in [2.75, 3.05) is 54.1 Å². The molecule has 0 aliphatic heterocycles. The second kappa shape index (κ2) is 35.2. The number of carbonyl (C=O) groups excluding carboxylic acids is 1. The van der Waals surface area contributed by atoms with E-state index < -0.39 is 13.9 Å². The molecule has 0 N–H and O–H groups in total. The van der Waals surface area contributed by atoms with Crippen LogP contribution in [0.4, 0.5) is 0 Å². The van der Waals surface area contributed by atoms with Gasteiger partial charge in [0.2, 0.25) is 0 Å². The first-order valence-corrected chi connectivity index (χ1v) is 21.5. The Morgan fingerprint density at radius 3 is 1.73 bits per heavy atom. The molecule has 8 nitrogen and oxygen atoms in total. The van der Waals surface area contributed by atoms with Crippen molar-refractivity contribution in [1.82, 2.24) is 0 Å². The van der Waals surface area contributed by atoms with E-state index in [1.165, 1.54) is 57.8 Å². The van der Waals surface area contributed by atoms with Crippen LogP contribution in [0.1, 0.15) is 142 Å². The van der Waals surface area contributed by atoms with Gasteiger partial charge in [0.15, 0.2) is 0 Å². The van der Waals surface area contributed by atoms with Crippen molar-refractivity contribution >= 4 is 13.8 Å². The molecule has 0 fully saturated rings. The van der Waals surface area contributed by atoms with Crippen LogP contribution >= 0.6 is 7.82 Å². The van der Waals surface area contributed by atoms with Gasteiger partial charge in [-0.1, -0.05) is 120 Å². The highest BCUT2D eigenvalue weighted by molar-refractivity contribution is 7.45. The van der Waals surface area contributed by atoms with Gasteiger partial charge >= 0.3 is 5.97 Å². The van der Waals surface area contributed by atoms with Crippen LogP contribution in [0, 0.1) is 0 Å². The fourth-order valence-electron chi connectivity index (χ4n) is 4.94. The number of hydrogen-bond acceptors (Lipinski definition) is 7. The van der Waals surface area contributed by atoms with Crippen molar-refractivity contribution in [3.05, 3.63) is 60.8 Å². The number of rotatable bonds is 36. The van der Waals surface area contributed by atoms with E-state index in [9.17, 15) is 14.3 Å². The third-order valence-corrected chi connectivity index (χ3v) is 9.02. The molecule has 296 valence electrons. The standard InChI is InChI=1S/C42H76NO7P/c1-6-8-10-12-14-16-18-20-22-23-25-27-29-31-33-35-42(44)50-41(40-49-51(45,46)48-38-36-43(3,4)5)39-47-37-34-32-30-28-26-24-21-19-17-15-13-11-9-7-2/h8,10,14,16-17,19-20,22,25,27,41H,6-7,9,11-13,15,18,21,23-24,26,28-40H2,1-5H3/b10-8-,16-14-,19-17-,22-20-,27-25-.